The smallest absolute Gasteiger partial charge is 0.254 e. The van der Waals surface area contributed by atoms with Gasteiger partial charge in [0, 0.05) is 24.7 Å². The lowest BCUT2D eigenvalue weighted by molar-refractivity contribution is 0.0696. The van der Waals surface area contributed by atoms with Crippen molar-refractivity contribution in [3.63, 3.8) is 0 Å². The highest BCUT2D eigenvalue weighted by Crippen LogP contribution is 2.17. The molecule has 104 valence electrons. The van der Waals surface area contributed by atoms with E-state index in [-0.39, 0.29) is 17.6 Å². The van der Waals surface area contributed by atoms with Crippen LogP contribution in [0.4, 0.5) is 10.1 Å². The van der Waals surface area contributed by atoms with Crippen LogP contribution in [0.2, 0.25) is 0 Å². The molecule has 1 aliphatic heterocycles. The van der Waals surface area contributed by atoms with Crippen molar-refractivity contribution in [1.82, 2.24) is 9.80 Å². The molecule has 1 heterocycles. The average molecular weight is 265 g/mol. The fourth-order valence-electron chi connectivity index (χ4n) is 2.50. The van der Waals surface area contributed by atoms with Gasteiger partial charge < -0.3 is 15.5 Å². The van der Waals surface area contributed by atoms with E-state index in [1.165, 1.54) is 12.1 Å². The molecule has 1 saturated heterocycles. The number of rotatable bonds is 1. The van der Waals surface area contributed by atoms with E-state index in [1.54, 1.807) is 6.07 Å². The van der Waals surface area contributed by atoms with E-state index in [1.807, 2.05) is 18.9 Å². The largest absolute Gasteiger partial charge is 0.396 e. The van der Waals surface area contributed by atoms with E-state index in [0.29, 0.717) is 12.1 Å². The van der Waals surface area contributed by atoms with Crippen LogP contribution in [0.25, 0.3) is 0 Å². The van der Waals surface area contributed by atoms with Crippen molar-refractivity contribution in [1.29, 1.82) is 0 Å². The zero-order chi connectivity index (χ0) is 14.0. The predicted octanol–water partition coefficient (Wildman–Crippen LogP) is 1.57. The number of anilines is 1. The highest BCUT2D eigenvalue weighted by atomic mass is 19.1. The van der Waals surface area contributed by atoms with Gasteiger partial charge in [-0.05, 0) is 45.1 Å². The molecule has 2 N–H and O–H groups in total. The number of benzene rings is 1. The Morgan fingerprint density at radius 2 is 2.16 bits per heavy atom. The molecule has 1 amide bonds. The second-order valence-corrected chi connectivity index (χ2v) is 5.20. The summed E-state index contributed by atoms with van der Waals surface area (Å²) < 4.78 is 13.4. The Bertz CT molecular complexity index is 478. The summed E-state index contributed by atoms with van der Waals surface area (Å²) in [6.07, 6.45) is 0.935. The maximum atomic E-state index is 13.4. The molecule has 0 radical (unpaired) electrons. The molecule has 1 aromatic carbocycles. The number of carbonyl (C=O) groups is 1. The molecule has 1 aromatic rings. The summed E-state index contributed by atoms with van der Waals surface area (Å²) in [5.74, 6) is -0.660. The number of nitrogen functional groups attached to an aromatic ring is 1. The second kappa shape index (κ2) is 5.57. The average Bonchev–Trinajstić information content (AvgIpc) is 2.52. The molecule has 4 nitrogen and oxygen atoms in total. The molecule has 0 spiro atoms. The molecular weight excluding hydrogens is 245 g/mol. The van der Waals surface area contributed by atoms with Crippen LogP contribution in [0.5, 0.6) is 0 Å². The fraction of sp³-hybridized carbons (Fsp3) is 0.500. The van der Waals surface area contributed by atoms with Crippen molar-refractivity contribution in [3.05, 3.63) is 29.6 Å². The van der Waals surface area contributed by atoms with Gasteiger partial charge in [0.1, 0.15) is 5.82 Å². The molecule has 1 atom stereocenters. The monoisotopic (exact) mass is 265 g/mol. The summed E-state index contributed by atoms with van der Waals surface area (Å²) in [5.41, 5.74) is 5.86. The first-order chi connectivity index (χ1) is 8.99. The van der Waals surface area contributed by atoms with Crippen molar-refractivity contribution in [2.45, 2.75) is 19.4 Å². The number of nitrogens with zero attached hydrogens (tertiary/aromatic N) is 2. The van der Waals surface area contributed by atoms with Gasteiger partial charge in [-0.15, -0.1) is 0 Å². The minimum Gasteiger partial charge on any atom is -0.396 e. The Morgan fingerprint density at radius 1 is 1.42 bits per heavy atom. The molecule has 5 heteroatoms. The second-order valence-electron chi connectivity index (χ2n) is 5.20. The molecular formula is C14H20FN3O. The van der Waals surface area contributed by atoms with Gasteiger partial charge in [0.15, 0.2) is 0 Å². The third-order valence-corrected chi connectivity index (χ3v) is 3.56. The van der Waals surface area contributed by atoms with E-state index in [2.05, 4.69) is 4.90 Å². The predicted molar refractivity (Wildman–Crippen MR) is 73.4 cm³/mol. The summed E-state index contributed by atoms with van der Waals surface area (Å²) >= 11 is 0. The van der Waals surface area contributed by atoms with E-state index < -0.39 is 5.82 Å². The van der Waals surface area contributed by atoms with Crippen molar-refractivity contribution in [2.24, 2.45) is 0 Å². The van der Waals surface area contributed by atoms with Gasteiger partial charge in [0.05, 0.1) is 5.69 Å². The summed E-state index contributed by atoms with van der Waals surface area (Å²) in [7, 11) is 2.05. The van der Waals surface area contributed by atoms with Crippen LogP contribution in [0.3, 0.4) is 0 Å². The maximum Gasteiger partial charge on any atom is 0.254 e. The Labute approximate surface area is 113 Å². The number of likely N-dealkylation sites (N-methyl/N-ethyl adjacent to an activating group) is 1. The van der Waals surface area contributed by atoms with E-state index >= 15 is 0 Å². The lowest BCUT2D eigenvalue weighted by atomic mass is 10.1. The number of nitrogens with two attached hydrogens (primary N) is 1. The van der Waals surface area contributed by atoms with Crippen molar-refractivity contribution >= 4 is 11.6 Å². The van der Waals surface area contributed by atoms with Crippen LogP contribution < -0.4 is 5.73 Å². The highest BCUT2D eigenvalue weighted by Gasteiger charge is 2.25. The molecule has 19 heavy (non-hydrogen) atoms. The normalized spacial score (nSPS) is 21.2. The van der Waals surface area contributed by atoms with Gasteiger partial charge in [0.25, 0.3) is 5.91 Å². The quantitative estimate of drug-likeness (QED) is 0.784. The number of amides is 1. The van der Waals surface area contributed by atoms with Crippen LogP contribution in [-0.2, 0) is 0 Å². The standard InChI is InChI=1S/C14H20FN3O/c1-10-9-17(2)6-3-7-18(10)14(19)11-4-5-13(16)12(15)8-11/h4-5,8,10H,3,6-7,9,16H2,1-2H3. The summed E-state index contributed by atoms with van der Waals surface area (Å²) in [5, 5.41) is 0. The number of halogens is 1. The lowest BCUT2D eigenvalue weighted by Crippen LogP contribution is -2.42. The van der Waals surface area contributed by atoms with Crippen molar-refractivity contribution in [3.8, 4) is 0 Å². The topological polar surface area (TPSA) is 49.6 Å². The third kappa shape index (κ3) is 3.04. The van der Waals surface area contributed by atoms with E-state index in [9.17, 15) is 9.18 Å². The number of carbonyl (C=O) groups excluding carboxylic acids is 1. The Hall–Kier alpha value is -1.62. The molecule has 1 aliphatic rings. The molecule has 2 rings (SSSR count). The Morgan fingerprint density at radius 3 is 2.84 bits per heavy atom. The summed E-state index contributed by atoms with van der Waals surface area (Å²) in [6, 6.07) is 4.37. The minimum absolute atomic E-state index is 0.0696. The van der Waals surface area contributed by atoms with Crippen molar-refractivity contribution < 1.29 is 9.18 Å². The third-order valence-electron chi connectivity index (χ3n) is 3.56. The zero-order valence-corrected chi connectivity index (χ0v) is 11.4. The minimum atomic E-state index is -0.537. The first-order valence-electron chi connectivity index (χ1n) is 6.53. The zero-order valence-electron chi connectivity index (χ0n) is 11.4. The van der Waals surface area contributed by atoms with Gasteiger partial charge >= 0.3 is 0 Å². The Kier molecular flexibility index (Phi) is 4.04. The van der Waals surface area contributed by atoms with Crippen LogP contribution in [0, 0.1) is 5.82 Å². The summed E-state index contributed by atoms with van der Waals surface area (Å²) in [4.78, 5) is 16.5. The highest BCUT2D eigenvalue weighted by molar-refractivity contribution is 5.94. The Balaban J connectivity index is 2.20. The summed E-state index contributed by atoms with van der Waals surface area (Å²) in [6.45, 7) is 4.54. The lowest BCUT2D eigenvalue weighted by Gasteiger charge is -2.28. The molecule has 0 saturated carbocycles. The SMILES string of the molecule is CC1CN(C)CCCN1C(=O)c1ccc(N)c(F)c1. The first kappa shape index (κ1) is 13.8. The molecule has 0 aromatic heterocycles. The van der Waals surface area contributed by atoms with E-state index in [0.717, 1.165) is 19.5 Å². The molecule has 0 aliphatic carbocycles. The van der Waals surface area contributed by atoms with Gasteiger partial charge in [-0.2, -0.15) is 0 Å². The van der Waals surface area contributed by atoms with Crippen LogP contribution >= 0.6 is 0 Å². The van der Waals surface area contributed by atoms with Gasteiger partial charge in [0.2, 0.25) is 0 Å². The van der Waals surface area contributed by atoms with Gasteiger partial charge in [-0.25, -0.2) is 4.39 Å². The van der Waals surface area contributed by atoms with Crippen molar-refractivity contribution in [2.75, 3.05) is 32.4 Å². The van der Waals surface area contributed by atoms with E-state index in [4.69, 9.17) is 5.73 Å². The first-order valence-corrected chi connectivity index (χ1v) is 6.53. The van der Waals surface area contributed by atoms with Gasteiger partial charge in [-0.1, -0.05) is 0 Å². The molecule has 1 unspecified atom stereocenters. The van der Waals surface area contributed by atoms with Crippen LogP contribution in [0.1, 0.15) is 23.7 Å². The number of hydrogen-bond acceptors (Lipinski definition) is 3. The fourth-order valence-corrected chi connectivity index (χ4v) is 2.50. The van der Waals surface area contributed by atoms with Gasteiger partial charge in [-0.3, -0.25) is 4.79 Å². The number of hydrogen-bond donors (Lipinski definition) is 1. The van der Waals surface area contributed by atoms with Crippen LogP contribution in [0.15, 0.2) is 18.2 Å². The van der Waals surface area contributed by atoms with Crippen LogP contribution in [-0.4, -0.2) is 48.4 Å². The molecule has 1 fully saturated rings. The maximum absolute atomic E-state index is 13.4. The molecule has 0 bridgehead atoms.